The maximum atomic E-state index is 13.0. The average Bonchev–Trinajstić information content (AvgIpc) is 3.13. The maximum absolute atomic E-state index is 13.0. The van der Waals surface area contributed by atoms with Gasteiger partial charge in [-0.2, -0.15) is 0 Å². The van der Waals surface area contributed by atoms with Crippen LogP contribution in [0.5, 0.6) is 0 Å². The Kier molecular flexibility index (Phi) is 6.72. The van der Waals surface area contributed by atoms with Gasteiger partial charge in [0.25, 0.3) is 0 Å². The molecule has 23 heavy (non-hydrogen) atoms. The van der Waals surface area contributed by atoms with E-state index in [0.717, 1.165) is 71.6 Å². The molecule has 1 amide bonds. The third kappa shape index (κ3) is 4.91. The van der Waals surface area contributed by atoms with E-state index in [2.05, 4.69) is 9.80 Å². The highest BCUT2D eigenvalue weighted by Gasteiger charge is 2.31. The first-order valence-corrected chi connectivity index (χ1v) is 9.53. The van der Waals surface area contributed by atoms with Crippen molar-refractivity contribution in [3.63, 3.8) is 0 Å². The lowest BCUT2D eigenvalue weighted by molar-refractivity contribution is -0.143. The molecule has 0 aromatic carbocycles. The predicted molar refractivity (Wildman–Crippen MR) is 89.4 cm³/mol. The van der Waals surface area contributed by atoms with Gasteiger partial charge in [-0.05, 0) is 64.6 Å². The van der Waals surface area contributed by atoms with Crippen LogP contribution in [0.1, 0.15) is 44.9 Å². The summed E-state index contributed by atoms with van der Waals surface area (Å²) in [4.78, 5) is 17.8. The van der Waals surface area contributed by atoms with Gasteiger partial charge in [0.1, 0.15) is 0 Å². The number of nitrogens with zero attached hydrogens (tertiary/aromatic N) is 2. The van der Waals surface area contributed by atoms with Gasteiger partial charge in [-0.25, -0.2) is 0 Å². The SMILES string of the molecule is O=C(C1CCOCC1)N(CCCN1CCCC1)C1CCOCC1. The standard InChI is InChI=1S/C18H32N2O3/c21-18(16-4-12-22-13-5-16)20(17-6-14-23-15-7-17)11-3-10-19-8-1-2-9-19/h16-17H,1-15H2. The third-order valence-corrected chi connectivity index (χ3v) is 5.56. The molecule has 0 radical (unpaired) electrons. The van der Waals surface area contributed by atoms with Gasteiger partial charge in [-0.1, -0.05) is 0 Å². The van der Waals surface area contributed by atoms with Crippen LogP contribution >= 0.6 is 0 Å². The Morgan fingerprint density at radius 1 is 0.957 bits per heavy atom. The summed E-state index contributed by atoms with van der Waals surface area (Å²) in [7, 11) is 0. The van der Waals surface area contributed by atoms with E-state index in [9.17, 15) is 4.79 Å². The Hall–Kier alpha value is -0.650. The Bertz CT molecular complexity index is 359. The van der Waals surface area contributed by atoms with E-state index in [1.807, 2.05) is 0 Å². The second kappa shape index (κ2) is 9.00. The molecule has 3 fully saturated rings. The van der Waals surface area contributed by atoms with Crippen LogP contribution in [0.4, 0.5) is 0 Å². The minimum absolute atomic E-state index is 0.179. The van der Waals surface area contributed by atoms with Crippen LogP contribution in [-0.4, -0.2) is 74.4 Å². The maximum Gasteiger partial charge on any atom is 0.226 e. The smallest absolute Gasteiger partial charge is 0.226 e. The number of rotatable bonds is 6. The Balaban J connectivity index is 1.54. The molecule has 5 heteroatoms. The Labute approximate surface area is 140 Å². The molecule has 0 saturated carbocycles. The summed E-state index contributed by atoms with van der Waals surface area (Å²) in [6, 6.07) is 0.387. The van der Waals surface area contributed by atoms with E-state index < -0.39 is 0 Å². The number of hydrogen-bond acceptors (Lipinski definition) is 4. The van der Waals surface area contributed by atoms with Gasteiger partial charge in [0.2, 0.25) is 5.91 Å². The summed E-state index contributed by atoms with van der Waals surface area (Å²) in [6.07, 6.45) is 7.56. The largest absolute Gasteiger partial charge is 0.381 e. The topological polar surface area (TPSA) is 42.0 Å². The van der Waals surface area contributed by atoms with Crippen LogP contribution in [0.25, 0.3) is 0 Å². The molecule has 3 aliphatic rings. The van der Waals surface area contributed by atoms with Crippen molar-refractivity contribution >= 4 is 5.91 Å². The fraction of sp³-hybridized carbons (Fsp3) is 0.944. The van der Waals surface area contributed by atoms with Gasteiger partial charge in [0, 0.05) is 44.9 Å². The molecule has 0 spiro atoms. The molecule has 3 rings (SSSR count). The number of carbonyl (C=O) groups is 1. The van der Waals surface area contributed by atoms with E-state index in [1.54, 1.807) is 0 Å². The zero-order chi connectivity index (χ0) is 15.9. The fourth-order valence-corrected chi connectivity index (χ4v) is 4.12. The van der Waals surface area contributed by atoms with Crippen molar-refractivity contribution in [3.8, 4) is 0 Å². The number of likely N-dealkylation sites (tertiary alicyclic amines) is 1. The number of ether oxygens (including phenoxy) is 2. The van der Waals surface area contributed by atoms with E-state index in [1.165, 1.54) is 25.9 Å². The van der Waals surface area contributed by atoms with Crippen molar-refractivity contribution in [1.82, 2.24) is 9.80 Å². The van der Waals surface area contributed by atoms with Gasteiger partial charge in [0.05, 0.1) is 0 Å². The predicted octanol–water partition coefficient (Wildman–Crippen LogP) is 1.91. The molecule has 0 N–H and O–H groups in total. The monoisotopic (exact) mass is 324 g/mol. The number of hydrogen-bond donors (Lipinski definition) is 0. The van der Waals surface area contributed by atoms with E-state index in [4.69, 9.17) is 9.47 Å². The van der Waals surface area contributed by atoms with Gasteiger partial charge < -0.3 is 19.3 Å². The summed E-state index contributed by atoms with van der Waals surface area (Å²) >= 11 is 0. The second-order valence-corrected chi connectivity index (χ2v) is 7.16. The van der Waals surface area contributed by atoms with Crippen molar-refractivity contribution < 1.29 is 14.3 Å². The molecule has 5 nitrogen and oxygen atoms in total. The molecule has 3 saturated heterocycles. The van der Waals surface area contributed by atoms with Crippen LogP contribution in [0.3, 0.4) is 0 Å². The lowest BCUT2D eigenvalue weighted by atomic mass is 9.96. The first-order valence-electron chi connectivity index (χ1n) is 9.53. The zero-order valence-corrected chi connectivity index (χ0v) is 14.4. The fourth-order valence-electron chi connectivity index (χ4n) is 4.12. The molecule has 0 aliphatic carbocycles. The molecule has 0 atom stereocenters. The van der Waals surface area contributed by atoms with Crippen LogP contribution in [-0.2, 0) is 14.3 Å². The lowest BCUT2D eigenvalue weighted by Crippen LogP contribution is -2.48. The van der Waals surface area contributed by atoms with Crippen LogP contribution in [0.2, 0.25) is 0 Å². The van der Waals surface area contributed by atoms with Gasteiger partial charge >= 0.3 is 0 Å². The quantitative estimate of drug-likeness (QED) is 0.748. The average molecular weight is 324 g/mol. The molecule has 3 aliphatic heterocycles. The molecule has 3 heterocycles. The molecular formula is C18H32N2O3. The van der Waals surface area contributed by atoms with Crippen LogP contribution < -0.4 is 0 Å². The summed E-state index contributed by atoms with van der Waals surface area (Å²) in [5.74, 6) is 0.556. The van der Waals surface area contributed by atoms with E-state index >= 15 is 0 Å². The van der Waals surface area contributed by atoms with Gasteiger partial charge in [-0.15, -0.1) is 0 Å². The molecule has 0 unspecified atom stereocenters. The zero-order valence-electron chi connectivity index (χ0n) is 14.4. The summed E-state index contributed by atoms with van der Waals surface area (Å²) in [5, 5.41) is 0. The Morgan fingerprint density at radius 2 is 1.57 bits per heavy atom. The minimum Gasteiger partial charge on any atom is -0.381 e. The van der Waals surface area contributed by atoms with Gasteiger partial charge in [0.15, 0.2) is 0 Å². The van der Waals surface area contributed by atoms with Gasteiger partial charge in [-0.3, -0.25) is 4.79 Å². The van der Waals surface area contributed by atoms with Crippen LogP contribution in [0.15, 0.2) is 0 Å². The highest BCUT2D eigenvalue weighted by atomic mass is 16.5. The van der Waals surface area contributed by atoms with Crippen molar-refractivity contribution in [2.45, 2.75) is 51.0 Å². The molecule has 0 aromatic heterocycles. The molecule has 132 valence electrons. The van der Waals surface area contributed by atoms with E-state index in [-0.39, 0.29) is 5.92 Å². The second-order valence-electron chi connectivity index (χ2n) is 7.16. The van der Waals surface area contributed by atoms with Crippen molar-refractivity contribution in [3.05, 3.63) is 0 Å². The number of amides is 1. The van der Waals surface area contributed by atoms with Crippen molar-refractivity contribution in [2.24, 2.45) is 5.92 Å². The molecule has 0 bridgehead atoms. The molecule has 0 aromatic rings. The minimum atomic E-state index is 0.179. The third-order valence-electron chi connectivity index (χ3n) is 5.56. The highest BCUT2D eigenvalue weighted by Crippen LogP contribution is 2.23. The van der Waals surface area contributed by atoms with E-state index in [0.29, 0.717) is 11.9 Å². The lowest BCUT2D eigenvalue weighted by Gasteiger charge is -2.37. The van der Waals surface area contributed by atoms with Crippen LogP contribution in [0, 0.1) is 5.92 Å². The first-order chi connectivity index (χ1) is 11.3. The van der Waals surface area contributed by atoms with Crippen molar-refractivity contribution in [2.75, 3.05) is 52.6 Å². The Morgan fingerprint density at radius 3 is 2.22 bits per heavy atom. The highest BCUT2D eigenvalue weighted by molar-refractivity contribution is 5.79. The molecular weight excluding hydrogens is 292 g/mol. The summed E-state index contributed by atoms with van der Waals surface area (Å²) in [5.41, 5.74) is 0. The normalized spacial score (nSPS) is 24.9. The summed E-state index contributed by atoms with van der Waals surface area (Å²) in [6.45, 7) is 7.62. The first kappa shape index (κ1) is 17.2. The summed E-state index contributed by atoms with van der Waals surface area (Å²) < 4.78 is 10.9. The number of carbonyl (C=O) groups excluding carboxylic acids is 1. The van der Waals surface area contributed by atoms with Crippen molar-refractivity contribution in [1.29, 1.82) is 0 Å².